The van der Waals surface area contributed by atoms with Gasteiger partial charge in [0.2, 0.25) is 5.88 Å². The molecule has 0 amide bonds. The van der Waals surface area contributed by atoms with E-state index in [0.717, 1.165) is 6.07 Å². The van der Waals surface area contributed by atoms with Crippen molar-refractivity contribution < 1.29 is 27.8 Å². The van der Waals surface area contributed by atoms with Crippen molar-refractivity contribution >= 4 is 11.5 Å². The second-order valence-corrected chi connectivity index (χ2v) is 4.41. The minimum atomic E-state index is -4.56. The molecular formula is C13H12F3NO3. The number of aromatic nitrogens is 1. The molecule has 2 heterocycles. The molecule has 0 fully saturated rings. The Balaban J connectivity index is 2.57. The molecule has 1 N–H and O–H groups in total. The molecule has 2 rings (SSSR count). The first-order valence-corrected chi connectivity index (χ1v) is 5.95. The minimum absolute atomic E-state index is 0.0957. The van der Waals surface area contributed by atoms with Crippen LogP contribution in [0.1, 0.15) is 31.0 Å². The molecule has 1 aliphatic rings. The van der Waals surface area contributed by atoms with Crippen LogP contribution in [0.2, 0.25) is 0 Å². The van der Waals surface area contributed by atoms with Crippen LogP contribution in [0, 0.1) is 0 Å². The predicted octanol–water partition coefficient (Wildman–Crippen LogP) is 3.13. The Hall–Kier alpha value is -2.05. The van der Waals surface area contributed by atoms with E-state index >= 15 is 0 Å². The summed E-state index contributed by atoms with van der Waals surface area (Å²) < 4.78 is 43.1. The fraction of sp³-hybridized carbons (Fsp3) is 0.385. The maximum Gasteiger partial charge on any atom is 0.433 e. The smallest absolute Gasteiger partial charge is 0.433 e. The maximum absolute atomic E-state index is 12.6. The predicted molar refractivity (Wildman–Crippen MR) is 64.2 cm³/mol. The minimum Gasteiger partial charge on any atom is -0.478 e. The zero-order chi connectivity index (χ0) is 14.9. The Labute approximate surface area is 112 Å². The zero-order valence-corrected chi connectivity index (χ0v) is 10.6. The normalized spacial score (nSPS) is 17.8. The molecule has 1 aromatic heterocycles. The molecule has 1 aromatic rings. The van der Waals surface area contributed by atoms with E-state index in [1.807, 2.05) is 0 Å². The van der Waals surface area contributed by atoms with Gasteiger partial charge in [0.1, 0.15) is 5.69 Å². The summed E-state index contributed by atoms with van der Waals surface area (Å²) in [5.74, 6) is -1.26. The molecule has 0 unspecified atom stereocenters. The molecule has 108 valence electrons. The van der Waals surface area contributed by atoms with Gasteiger partial charge >= 0.3 is 12.1 Å². The summed E-state index contributed by atoms with van der Waals surface area (Å²) in [5.41, 5.74) is -0.176. The van der Waals surface area contributed by atoms with Crippen LogP contribution in [-0.2, 0) is 11.0 Å². The molecule has 0 bridgehead atoms. The number of aliphatic carboxylic acids is 1. The van der Waals surface area contributed by atoms with Crippen LogP contribution >= 0.6 is 0 Å². The number of allylic oxidation sites excluding steroid dienone is 1. The van der Waals surface area contributed by atoms with Crippen molar-refractivity contribution in [3.63, 3.8) is 0 Å². The lowest BCUT2D eigenvalue weighted by molar-refractivity contribution is -0.141. The number of pyridine rings is 1. The topological polar surface area (TPSA) is 59.4 Å². The van der Waals surface area contributed by atoms with Gasteiger partial charge in [-0.25, -0.2) is 9.78 Å². The Bertz CT molecular complexity index is 579. The molecule has 20 heavy (non-hydrogen) atoms. The number of rotatable bonds is 1. The van der Waals surface area contributed by atoms with Gasteiger partial charge in [-0.3, -0.25) is 0 Å². The monoisotopic (exact) mass is 287 g/mol. The summed E-state index contributed by atoms with van der Waals surface area (Å²) in [4.78, 5) is 14.5. The van der Waals surface area contributed by atoms with Gasteiger partial charge in [-0.1, -0.05) is 0 Å². The van der Waals surface area contributed by atoms with Crippen molar-refractivity contribution in [3.05, 3.63) is 29.0 Å². The Morgan fingerprint density at radius 2 is 2.10 bits per heavy atom. The number of nitrogens with zero attached hydrogens (tertiary/aromatic N) is 1. The number of carbonyl (C=O) groups is 1. The molecule has 0 atom stereocenters. The molecule has 0 aliphatic carbocycles. The highest BCUT2D eigenvalue weighted by atomic mass is 19.4. The fourth-order valence-electron chi connectivity index (χ4n) is 2.01. The van der Waals surface area contributed by atoms with Crippen LogP contribution in [0.4, 0.5) is 13.2 Å². The van der Waals surface area contributed by atoms with Crippen molar-refractivity contribution in [1.82, 2.24) is 4.98 Å². The number of halogens is 3. The third kappa shape index (κ3) is 2.76. The van der Waals surface area contributed by atoms with Crippen LogP contribution in [0.15, 0.2) is 17.7 Å². The molecule has 0 spiro atoms. The van der Waals surface area contributed by atoms with E-state index < -0.39 is 17.8 Å². The molecule has 0 aromatic carbocycles. The fourth-order valence-corrected chi connectivity index (χ4v) is 2.01. The number of alkyl halides is 3. The molecule has 0 saturated carbocycles. The van der Waals surface area contributed by atoms with Gasteiger partial charge in [-0.15, -0.1) is 0 Å². The van der Waals surface area contributed by atoms with E-state index in [9.17, 15) is 18.0 Å². The first kappa shape index (κ1) is 14.4. The Morgan fingerprint density at radius 1 is 1.40 bits per heavy atom. The van der Waals surface area contributed by atoms with Crippen LogP contribution in [0.3, 0.4) is 0 Å². The lowest BCUT2D eigenvalue weighted by Crippen LogP contribution is -2.10. The van der Waals surface area contributed by atoms with Crippen molar-refractivity contribution in [1.29, 1.82) is 0 Å². The number of hydrogen-bond donors (Lipinski definition) is 1. The summed E-state index contributed by atoms with van der Waals surface area (Å²) in [6, 6.07) is 2.06. The van der Waals surface area contributed by atoms with Gasteiger partial charge in [-0.05, 0) is 37.5 Å². The second-order valence-electron chi connectivity index (χ2n) is 4.41. The highest BCUT2D eigenvalue weighted by molar-refractivity contribution is 5.96. The SMILES string of the molecule is CC(C(=O)O)=C1CCCOc2nc(C(F)(F)F)ccc21. The van der Waals surface area contributed by atoms with E-state index in [1.54, 1.807) is 0 Å². The highest BCUT2D eigenvalue weighted by Crippen LogP contribution is 2.36. The van der Waals surface area contributed by atoms with Gasteiger partial charge in [0.15, 0.2) is 0 Å². The second kappa shape index (κ2) is 5.15. The van der Waals surface area contributed by atoms with E-state index in [1.165, 1.54) is 13.0 Å². The molecular weight excluding hydrogens is 275 g/mol. The van der Waals surface area contributed by atoms with Gasteiger partial charge in [-0.2, -0.15) is 13.2 Å². The molecule has 4 nitrogen and oxygen atoms in total. The van der Waals surface area contributed by atoms with E-state index in [4.69, 9.17) is 9.84 Å². The van der Waals surface area contributed by atoms with E-state index in [2.05, 4.69) is 4.98 Å². The lowest BCUT2D eigenvalue weighted by Gasteiger charge is -2.12. The highest BCUT2D eigenvalue weighted by Gasteiger charge is 2.34. The summed E-state index contributed by atoms with van der Waals surface area (Å²) in [6.45, 7) is 1.63. The average molecular weight is 287 g/mol. The van der Waals surface area contributed by atoms with Crippen molar-refractivity contribution in [2.45, 2.75) is 25.9 Å². The van der Waals surface area contributed by atoms with Gasteiger partial charge < -0.3 is 9.84 Å². The first-order valence-electron chi connectivity index (χ1n) is 5.95. The lowest BCUT2D eigenvalue weighted by atomic mass is 9.97. The first-order chi connectivity index (χ1) is 9.30. The zero-order valence-electron chi connectivity index (χ0n) is 10.6. The van der Waals surface area contributed by atoms with Gasteiger partial charge in [0.25, 0.3) is 0 Å². The van der Waals surface area contributed by atoms with E-state index in [0.29, 0.717) is 24.0 Å². The molecule has 0 saturated heterocycles. The van der Waals surface area contributed by atoms with Crippen molar-refractivity contribution in [2.24, 2.45) is 0 Å². The average Bonchev–Trinajstić information content (AvgIpc) is 2.58. The third-order valence-electron chi connectivity index (χ3n) is 3.06. The largest absolute Gasteiger partial charge is 0.478 e. The van der Waals surface area contributed by atoms with Crippen LogP contribution in [0.5, 0.6) is 5.88 Å². The number of carboxylic acids is 1. The molecule has 0 radical (unpaired) electrons. The maximum atomic E-state index is 12.6. The Kier molecular flexibility index (Phi) is 3.69. The quantitative estimate of drug-likeness (QED) is 0.806. The standard InChI is InChI=1S/C13H12F3NO3/c1-7(12(18)19)8-3-2-6-20-11-9(8)4-5-10(17-11)13(14,15)16/h4-5H,2-3,6H2,1H3,(H,18,19). The number of carboxylic acid groups (broad SMARTS) is 1. The summed E-state index contributed by atoms with van der Waals surface area (Å²) >= 11 is 0. The van der Waals surface area contributed by atoms with Crippen LogP contribution < -0.4 is 4.74 Å². The van der Waals surface area contributed by atoms with Gasteiger partial charge in [0.05, 0.1) is 6.61 Å². The van der Waals surface area contributed by atoms with Crippen LogP contribution in [0.25, 0.3) is 5.57 Å². The molecule has 1 aliphatic heterocycles. The summed E-state index contributed by atoms with van der Waals surface area (Å²) in [5, 5.41) is 9.04. The number of fused-ring (bicyclic) bond motifs is 1. The third-order valence-corrected chi connectivity index (χ3v) is 3.06. The Morgan fingerprint density at radius 3 is 2.70 bits per heavy atom. The number of hydrogen-bond acceptors (Lipinski definition) is 3. The van der Waals surface area contributed by atoms with Crippen molar-refractivity contribution in [3.8, 4) is 5.88 Å². The van der Waals surface area contributed by atoms with E-state index in [-0.39, 0.29) is 18.1 Å². The number of ether oxygens (including phenoxy) is 1. The van der Waals surface area contributed by atoms with Crippen molar-refractivity contribution in [2.75, 3.05) is 6.61 Å². The summed E-state index contributed by atoms with van der Waals surface area (Å²) in [6.07, 6.45) is -3.60. The van der Waals surface area contributed by atoms with Crippen LogP contribution in [-0.4, -0.2) is 22.7 Å². The molecule has 7 heteroatoms. The summed E-state index contributed by atoms with van der Waals surface area (Å²) in [7, 11) is 0. The van der Waals surface area contributed by atoms with Gasteiger partial charge in [0, 0.05) is 11.1 Å².